The molecule has 2 aromatic carbocycles. The number of carbonyl (C=O) groups excluding carboxylic acids is 2. The highest BCUT2D eigenvalue weighted by molar-refractivity contribution is 5.87. The molecule has 5 aromatic rings. The third kappa shape index (κ3) is 5.21. The zero-order chi connectivity index (χ0) is 33.6. The lowest BCUT2D eigenvalue weighted by Gasteiger charge is -2.36. The number of amides is 3. The van der Waals surface area contributed by atoms with Gasteiger partial charge >= 0.3 is 6.03 Å². The Hall–Kier alpha value is -5.69. The van der Waals surface area contributed by atoms with Crippen LogP contribution in [0.5, 0.6) is 0 Å². The molecule has 13 heteroatoms. The number of hydrogen-bond acceptors (Lipinski definition) is 7. The highest BCUT2D eigenvalue weighted by Gasteiger charge is 2.62. The van der Waals surface area contributed by atoms with Crippen molar-refractivity contribution in [3.8, 4) is 28.3 Å². The number of likely N-dealkylation sites (tertiary alicyclic amines) is 1. The van der Waals surface area contributed by atoms with Gasteiger partial charge in [0.15, 0.2) is 17.1 Å². The number of nitrogens with zero attached hydrogens (tertiary/aromatic N) is 7. The number of nitrogen functional groups attached to an aromatic ring is 1. The lowest BCUT2D eigenvalue weighted by atomic mass is 9.90. The Morgan fingerprint density at radius 2 is 1.56 bits per heavy atom. The molecule has 0 radical (unpaired) electrons. The molecular weight excluding hydrogens is 618 g/mol. The van der Waals surface area contributed by atoms with Crippen LogP contribution in [0.25, 0.3) is 39.5 Å². The Morgan fingerprint density at radius 1 is 0.854 bits per heavy atom. The first-order valence-electron chi connectivity index (χ1n) is 15.4. The fraction of sp³-hybridized carbons (Fsp3) is 0.229. The zero-order valence-electron chi connectivity index (χ0n) is 25.8. The molecule has 7 rings (SSSR count). The summed E-state index contributed by atoms with van der Waals surface area (Å²) in [5.74, 6) is -3.17. The maximum absolute atomic E-state index is 15.6. The Bertz CT molecular complexity index is 2030. The third-order valence-corrected chi connectivity index (χ3v) is 8.98. The second-order valence-corrected chi connectivity index (χ2v) is 11.9. The minimum Gasteiger partial charge on any atom is -0.383 e. The SMILES string of the molecule is C=CC(=O)N1CCN(C(=O)N2CC(F)(F)C(O)(c3ccc(-n4c(-c5cccnc5N)nc5ccc(-c6ccccc6)nc54)cc3)C2)CC1. The van der Waals surface area contributed by atoms with Crippen LogP contribution < -0.4 is 5.73 Å². The Kier molecular flexibility index (Phi) is 7.63. The molecule has 2 aliphatic heterocycles. The van der Waals surface area contributed by atoms with Crippen molar-refractivity contribution in [2.24, 2.45) is 0 Å². The average Bonchev–Trinajstić information content (AvgIpc) is 3.61. The number of hydrogen-bond donors (Lipinski definition) is 2. The summed E-state index contributed by atoms with van der Waals surface area (Å²) in [6.07, 6.45) is 2.78. The number of fused-ring (bicyclic) bond motifs is 1. The van der Waals surface area contributed by atoms with E-state index in [0.717, 1.165) is 10.5 Å². The van der Waals surface area contributed by atoms with Crippen molar-refractivity contribution in [1.29, 1.82) is 0 Å². The monoisotopic (exact) mass is 650 g/mol. The second-order valence-electron chi connectivity index (χ2n) is 11.9. The van der Waals surface area contributed by atoms with Crippen LogP contribution in [0, 0.1) is 0 Å². The first-order chi connectivity index (χ1) is 23.1. The van der Waals surface area contributed by atoms with Crippen LogP contribution >= 0.6 is 0 Å². The van der Waals surface area contributed by atoms with Crippen molar-refractivity contribution in [3.63, 3.8) is 0 Å². The van der Waals surface area contributed by atoms with Crippen molar-refractivity contribution in [3.05, 3.63) is 103 Å². The summed E-state index contributed by atoms with van der Waals surface area (Å²) in [6.45, 7) is 2.85. The van der Waals surface area contributed by atoms with Crippen molar-refractivity contribution in [2.45, 2.75) is 11.5 Å². The molecule has 0 saturated carbocycles. The van der Waals surface area contributed by atoms with Gasteiger partial charge in [-0.2, -0.15) is 0 Å². The number of alkyl halides is 2. The topological polar surface area (TPSA) is 134 Å². The van der Waals surface area contributed by atoms with E-state index in [1.54, 1.807) is 39.9 Å². The van der Waals surface area contributed by atoms with Crippen molar-refractivity contribution >= 4 is 28.9 Å². The minimum atomic E-state index is -3.63. The Morgan fingerprint density at radius 3 is 2.25 bits per heavy atom. The van der Waals surface area contributed by atoms with Gasteiger partial charge < -0.3 is 25.5 Å². The van der Waals surface area contributed by atoms with Crippen LogP contribution in [0.1, 0.15) is 5.56 Å². The van der Waals surface area contributed by atoms with Gasteiger partial charge in [0.25, 0.3) is 5.92 Å². The number of benzene rings is 2. The van der Waals surface area contributed by atoms with Gasteiger partial charge in [-0.25, -0.2) is 28.5 Å². The molecule has 11 nitrogen and oxygen atoms in total. The van der Waals surface area contributed by atoms with E-state index < -0.39 is 30.6 Å². The van der Waals surface area contributed by atoms with Crippen molar-refractivity contribution in [2.75, 3.05) is 45.0 Å². The van der Waals surface area contributed by atoms with Gasteiger partial charge in [-0.05, 0) is 48.0 Å². The predicted molar refractivity (Wildman–Crippen MR) is 176 cm³/mol. The fourth-order valence-corrected chi connectivity index (χ4v) is 6.35. The molecule has 244 valence electrons. The van der Waals surface area contributed by atoms with Crippen LogP contribution in [-0.2, 0) is 10.4 Å². The molecule has 1 atom stereocenters. The van der Waals surface area contributed by atoms with E-state index in [-0.39, 0.29) is 43.5 Å². The number of piperazine rings is 1. The molecule has 0 aliphatic carbocycles. The number of carbonyl (C=O) groups is 2. The van der Waals surface area contributed by atoms with Crippen LogP contribution in [-0.4, -0.2) is 96.5 Å². The molecule has 0 bridgehead atoms. The van der Waals surface area contributed by atoms with Crippen LogP contribution in [0.15, 0.2) is 97.7 Å². The summed E-state index contributed by atoms with van der Waals surface area (Å²) in [5, 5.41) is 11.5. The largest absolute Gasteiger partial charge is 0.383 e. The maximum Gasteiger partial charge on any atom is 0.320 e. The normalized spacial score (nSPS) is 19.1. The number of halogens is 2. The van der Waals surface area contributed by atoms with Gasteiger partial charge in [-0.3, -0.25) is 9.36 Å². The molecule has 3 N–H and O–H groups in total. The number of β-amino-alcohol motifs (C(OH)–C–C–N with tert-alkyl or cyclic N) is 1. The van der Waals surface area contributed by atoms with Crippen LogP contribution in [0.3, 0.4) is 0 Å². The van der Waals surface area contributed by atoms with E-state index >= 15 is 8.78 Å². The van der Waals surface area contributed by atoms with E-state index in [1.807, 2.05) is 42.5 Å². The molecule has 0 spiro atoms. The zero-order valence-corrected chi connectivity index (χ0v) is 25.8. The van der Waals surface area contributed by atoms with Gasteiger partial charge in [0.05, 0.1) is 24.3 Å². The number of aliphatic hydroxyl groups is 1. The number of nitrogens with two attached hydrogens (primary N) is 1. The first kappa shape index (κ1) is 30.9. The summed E-state index contributed by atoms with van der Waals surface area (Å²) in [7, 11) is 0. The summed E-state index contributed by atoms with van der Waals surface area (Å²) in [4.78, 5) is 43.1. The maximum atomic E-state index is 15.6. The quantitative estimate of drug-likeness (QED) is 0.271. The summed E-state index contributed by atoms with van der Waals surface area (Å²) in [6, 6.07) is 22.4. The number of rotatable bonds is 5. The van der Waals surface area contributed by atoms with E-state index in [0.29, 0.717) is 33.9 Å². The molecule has 1 unspecified atom stereocenters. The van der Waals surface area contributed by atoms with E-state index in [2.05, 4.69) is 11.6 Å². The van der Waals surface area contributed by atoms with Crippen LogP contribution in [0.2, 0.25) is 0 Å². The number of pyridine rings is 2. The molecule has 2 fully saturated rings. The molecule has 3 amide bonds. The van der Waals surface area contributed by atoms with Gasteiger partial charge in [-0.15, -0.1) is 0 Å². The van der Waals surface area contributed by atoms with Gasteiger partial charge in [0.2, 0.25) is 5.91 Å². The molecule has 2 saturated heterocycles. The average molecular weight is 651 g/mol. The highest BCUT2D eigenvalue weighted by atomic mass is 19.3. The summed E-state index contributed by atoms with van der Waals surface area (Å²) < 4.78 is 33.0. The molecular formula is C35H32F2N8O3. The predicted octanol–water partition coefficient (Wildman–Crippen LogP) is 4.32. The number of aromatic nitrogens is 4. The van der Waals surface area contributed by atoms with Crippen LogP contribution in [0.4, 0.5) is 19.4 Å². The summed E-state index contributed by atoms with van der Waals surface area (Å²) in [5.41, 5.74) is 7.40. The standard InChI is InChI=1S/C35H32F2N8O3/c1-2-29(46)42-17-19-43(20-18-42)33(47)44-21-34(48,35(36,37)22-44)24-10-12-25(13-11-24)45-31(26-9-6-16-39-30(26)38)41-28-15-14-27(40-32(28)45)23-7-4-3-5-8-23/h2-16,48H,1,17-22H2,(H2,38,39). The first-order valence-corrected chi connectivity index (χ1v) is 15.4. The van der Waals surface area contributed by atoms with Crippen molar-refractivity contribution in [1.82, 2.24) is 34.2 Å². The molecule has 2 aliphatic rings. The smallest absolute Gasteiger partial charge is 0.320 e. The number of imidazole rings is 1. The lowest BCUT2D eigenvalue weighted by Crippen LogP contribution is -2.53. The minimum absolute atomic E-state index is 0.0438. The van der Waals surface area contributed by atoms with E-state index in [9.17, 15) is 14.7 Å². The fourth-order valence-electron chi connectivity index (χ4n) is 6.35. The highest BCUT2D eigenvalue weighted by Crippen LogP contribution is 2.45. The van der Waals surface area contributed by atoms with Gasteiger partial charge in [0.1, 0.15) is 11.3 Å². The number of anilines is 1. The Balaban J connectivity index is 1.22. The second kappa shape index (κ2) is 11.8. The Labute approximate surface area is 274 Å². The van der Waals surface area contributed by atoms with E-state index in [1.165, 1.54) is 23.1 Å². The molecule has 3 aromatic heterocycles. The third-order valence-electron chi connectivity index (χ3n) is 8.98. The molecule has 48 heavy (non-hydrogen) atoms. The van der Waals surface area contributed by atoms with Gasteiger partial charge in [-0.1, -0.05) is 49.0 Å². The molecule has 5 heterocycles. The van der Waals surface area contributed by atoms with Gasteiger partial charge in [0, 0.05) is 43.6 Å². The summed E-state index contributed by atoms with van der Waals surface area (Å²) >= 11 is 0. The number of urea groups is 1. The van der Waals surface area contributed by atoms with Crippen molar-refractivity contribution < 1.29 is 23.5 Å². The lowest BCUT2D eigenvalue weighted by molar-refractivity contribution is -0.151. The van der Waals surface area contributed by atoms with E-state index in [4.69, 9.17) is 15.7 Å².